The highest BCUT2D eigenvalue weighted by atomic mass is 35.5. The van der Waals surface area contributed by atoms with Crippen LogP contribution in [0.25, 0.3) is 11.3 Å². The third kappa shape index (κ3) is 2.70. The van der Waals surface area contributed by atoms with E-state index in [1.165, 1.54) is 17.5 Å². The third-order valence-corrected chi connectivity index (χ3v) is 3.21. The molecule has 1 heterocycles. The van der Waals surface area contributed by atoms with Crippen LogP contribution in [-0.4, -0.2) is 9.97 Å². The summed E-state index contributed by atoms with van der Waals surface area (Å²) in [5.41, 5.74) is 5.61. The second-order valence-electron chi connectivity index (χ2n) is 4.62. The van der Waals surface area contributed by atoms with Crippen molar-refractivity contribution in [1.29, 1.82) is 0 Å². The molecule has 0 bridgehead atoms. The smallest absolute Gasteiger partial charge is 0.136 e. The fourth-order valence-corrected chi connectivity index (χ4v) is 2.45. The molecular formula is C15H17ClN2. The molecule has 0 atom stereocenters. The van der Waals surface area contributed by atoms with E-state index in [1.807, 2.05) is 0 Å². The first-order valence-corrected chi connectivity index (χ1v) is 6.57. The van der Waals surface area contributed by atoms with Crippen molar-refractivity contribution in [3.63, 3.8) is 0 Å². The first-order chi connectivity index (χ1) is 8.61. The van der Waals surface area contributed by atoms with Gasteiger partial charge in [-0.05, 0) is 32.4 Å². The second-order valence-corrected chi connectivity index (χ2v) is 4.98. The predicted octanol–water partition coefficient (Wildman–Crippen LogP) is 4.37. The van der Waals surface area contributed by atoms with E-state index in [2.05, 4.69) is 48.9 Å². The van der Waals surface area contributed by atoms with Crippen LogP contribution >= 0.6 is 11.6 Å². The van der Waals surface area contributed by atoms with Gasteiger partial charge in [-0.25, -0.2) is 9.97 Å². The number of hydrogen-bond donors (Lipinski definition) is 0. The van der Waals surface area contributed by atoms with Gasteiger partial charge in [0.15, 0.2) is 0 Å². The van der Waals surface area contributed by atoms with E-state index in [1.54, 1.807) is 0 Å². The summed E-state index contributed by atoms with van der Waals surface area (Å²) < 4.78 is 0. The second kappa shape index (κ2) is 5.49. The molecule has 0 spiro atoms. The fraction of sp³-hybridized carbons (Fsp3) is 0.333. The van der Waals surface area contributed by atoms with E-state index in [9.17, 15) is 0 Å². The molecule has 0 aliphatic rings. The Hall–Kier alpha value is -1.41. The third-order valence-electron chi connectivity index (χ3n) is 2.89. The highest BCUT2D eigenvalue weighted by Crippen LogP contribution is 2.28. The minimum atomic E-state index is 0.570. The minimum absolute atomic E-state index is 0.570. The van der Waals surface area contributed by atoms with Crippen LogP contribution in [0.15, 0.2) is 24.5 Å². The molecule has 0 aliphatic heterocycles. The molecule has 0 fully saturated rings. The normalized spacial score (nSPS) is 10.7. The van der Waals surface area contributed by atoms with Gasteiger partial charge < -0.3 is 0 Å². The Labute approximate surface area is 113 Å². The van der Waals surface area contributed by atoms with Crippen molar-refractivity contribution in [3.05, 3.63) is 46.4 Å². The van der Waals surface area contributed by atoms with Crippen LogP contribution < -0.4 is 0 Å². The van der Waals surface area contributed by atoms with Gasteiger partial charge in [0.05, 0.1) is 5.69 Å². The van der Waals surface area contributed by atoms with Crippen LogP contribution in [0.3, 0.4) is 0 Å². The van der Waals surface area contributed by atoms with Gasteiger partial charge in [-0.1, -0.05) is 42.1 Å². The molecule has 0 N–H and O–H groups in total. The van der Waals surface area contributed by atoms with E-state index in [4.69, 9.17) is 11.6 Å². The average molecular weight is 261 g/mol. The van der Waals surface area contributed by atoms with Crippen LogP contribution in [0.1, 0.15) is 30.0 Å². The van der Waals surface area contributed by atoms with Gasteiger partial charge >= 0.3 is 0 Å². The van der Waals surface area contributed by atoms with Gasteiger partial charge in [0.1, 0.15) is 11.5 Å². The summed E-state index contributed by atoms with van der Waals surface area (Å²) in [5, 5.41) is 0.570. The quantitative estimate of drug-likeness (QED) is 0.766. The number of rotatable bonds is 3. The number of aryl methyl sites for hydroxylation is 2. The number of benzene rings is 1. The minimum Gasteiger partial charge on any atom is -0.236 e. The van der Waals surface area contributed by atoms with Crippen molar-refractivity contribution in [3.8, 4) is 11.3 Å². The monoisotopic (exact) mass is 260 g/mol. The van der Waals surface area contributed by atoms with Crippen molar-refractivity contribution in [2.75, 3.05) is 0 Å². The maximum atomic E-state index is 6.19. The lowest BCUT2D eigenvalue weighted by Gasteiger charge is -2.10. The molecule has 0 amide bonds. The molecule has 2 aromatic rings. The zero-order valence-corrected chi connectivity index (χ0v) is 11.8. The summed E-state index contributed by atoms with van der Waals surface area (Å²) in [6.07, 6.45) is 3.47. The van der Waals surface area contributed by atoms with Gasteiger partial charge in [-0.3, -0.25) is 0 Å². The molecule has 2 rings (SSSR count). The number of halogens is 1. The molecule has 0 unspecified atom stereocenters. The van der Waals surface area contributed by atoms with E-state index in [0.717, 1.165) is 29.7 Å². The zero-order chi connectivity index (χ0) is 13.1. The lowest BCUT2D eigenvalue weighted by atomic mass is 10.00. The first-order valence-electron chi connectivity index (χ1n) is 6.20. The van der Waals surface area contributed by atoms with E-state index in [0.29, 0.717) is 5.15 Å². The molecule has 94 valence electrons. The van der Waals surface area contributed by atoms with Gasteiger partial charge in [0.25, 0.3) is 0 Å². The Morgan fingerprint density at radius 3 is 2.33 bits per heavy atom. The molecule has 0 saturated carbocycles. The molecule has 0 aliphatic carbocycles. The topological polar surface area (TPSA) is 25.8 Å². The Balaban J connectivity index is 2.59. The Kier molecular flexibility index (Phi) is 3.97. The molecule has 0 saturated heterocycles. The SMILES string of the molecule is CCCc1c(Cl)ncnc1-c1cc(C)cc(C)c1. The van der Waals surface area contributed by atoms with Gasteiger partial charge in [-0.15, -0.1) is 0 Å². The van der Waals surface area contributed by atoms with Crippen LogP contribution in [-0.2, 0) is 6.42 Å². The summed E-state index contributed by atoms with van der Waals surface area (Å²) in [4.78, 5) is 8.50. The van der Waals surface area contributed by atoms with E-state index >= 15 is 0 Å². The standard InChI is InChI=1S/C15H17ClN2/c1-4-5-13-14(17-9-18-15(13)16)12-7-10(2)6-11(3)8-12/h6-9H,4-5H2,1-3H3. The number of aromatic nitrogens is 2. The lowest BCUT2D eigenvalue weighted by molar-refractivity contribution is 0.904. The molecule has 1 aromatic heterocycles. The lowest BCUT2D eigenvalue weighted by Crippen LogP contribution is -1.97. The molecule has 1 aromatic carbocycles. The van der Waals surface area contributed by atoms with E-state index in [-0.39, 0.29) is 0 Å². The average Bonchev–Trinajstić information content (AvgIpc) is 2.30. The summed E-state index contributed by atoms with van der Waals surface area (Å²) in [7, 11) is 0. The molecule has 0 radical (unpaired) electrons. The highest BCUT2D eigenvalue weighted by Gasteiger charge is 2.11. The van der Waals surface area contributed by atoms with Crippen LogP contribution in [0.2, 0.25) is 5.15 Å². The first kappa shape index (κ1) is 13.0. The van der Waals surface area contributed by atoms with Crippen molar-refractivity contribution in [2.45, 2.75) is 33.6 Å². The summed E-state index contributed by atoms with van der Waals surface area (Å²) in [6.45, 7) is 6.33. The Bertz CT molecular complexity index is 544. The van der Waals surface area contributed by atoms with E-state index < -0.39 is 0 Å². The molecule has 18 heavy (non-hydrogen) atoms. The molecule has 2 nitrogen and oxygen atoms in total. The van der Waals surface area contributed by atoms with Crippen LogP contribution in [0.5, 0.6) is 0 Å². The summed E-state index contributed by atoms with van der Waals surface area (Å²) in [6, 6.07) is 6.45. The van der Waals surface area contributed by atoms with Crippen molar-refractivity contribution < 1.29 is 0 Å². The number of hydrogen-bond acceptors (Lipinski definition) is 2. The summed E-state index contributed by atoms with van der Waals surface area (Å²) in [5.74, 6) is 0. The maximum absolute atomic E-state index is 6.19. The van der Waals surface area contributed by atoms with Crippen molar-refractivity contribution in [2.24, 2.45) is 0 Å². The molecular weight excluding hydrogens is 244 g/mol. The van der Waals surface area contributed by atoms with Gasteiger partial charge in [0, 0.05) is 11.1 Å². The zero-order valence-electron chi connectivity index (χ0n) is 11.0. The molecule has 3 heteroatoms. The maximum Gasteiger partial charge on any atom is 0.136 e. The van der Waals surface area contributed by atoms with Gasteiger partial charge in [-0.2, -0.15) is 0 Å². The van der Waals surface area contributed by atoms with Crippen LogP contribution in [0, 0.1) is 13.8 Å². The van der Waals surface area contributed by atoms with Crippen LogP contribution in [0.4, 0.5) is 0 Å². The fourth-order valence-electron chi connectivity index (χ4n) is 2.22. The summed E-state index contributed by atoms with van der Waals surface area (Å²) >= 11 is 6.19. The highest BCUT2D eigenvalue weighted by molar-refractivity contribution is 6.30. The number of nitrogens with zero attached hydrogens (tertiary/aromatic N) is 2. The predicted molar refractivity (Wildman–Crippen MR) is 75.9 cm³/mol. The van der Waals surface area contributed by atoms with Crippen molar-refractivity contribution in [1.82, 2.24) is 9.97 Å². The van der Waals surface area contributed by atoms with Gasteiger partial charge in [0.2, 0.25) is 0 Å². The Morgan fingerprint density at radius 1 is 1.06 bits per heavy atom. The largest absolute Gasteiger partial charge is 0.236 e. The Morgan fingerprint density at radius 2 is 1.72 bits per heavy atom. The van der Waals surface area contributed by atoms with Crippen molar-refractivity contribution >= 4 is 11.6 Å².